The predicted octanol–water partition coefficient (Wildman–Crippen LogP) is 2.55. The Balaban J connectivity index is 1.91. The van der Waals surface area contributed by atoms with E-state index < -0.39 is 0 Å². The van der Waals surface area contributed by atoms with E-state index in [-0.39, 0.29) is 0 Å². The van der Waals surface area contributed by atoms with Crippen LogP contribution in [-0.2, 0) is 0 Å². The topological polar surface area (TPSA) is 28.2 Å². The van der Waals surface area contributed by atoms with Crippen molar-refractivity contribution in [2.75, 3.05) is 24.5 Å². The first kappa shape index (κ1) is 12.2. The van der Waals surface area contributed by atoms with Crippen LogP contribution < -0.4 is 10.2 Å². The van der Waals surface area contributed by atoms with Gasteiger partial charge in [-0.3, -0.25) is 0 Å². The first-order valence-electron chi connectivity index (χ1n) is 6.84. The number of pyridine rings is 1. The van der Waals surface area contributed by atoms with Gasteiger partial charge in [0.1, 0.15) is 5.82 Å². The van der Waals surface area contributed by atoms with Crippen LogP contribution in [0.5, 0.6) is 0 Å². The van der Waals surface area contributed by atoms with E-state index in [4.69, 9.17) is 4.98 Å². The Hall–Kier alpha value is -1.87. The van der Waals surface area contributed by atoms with Crippen molar-refractivity contribution in [3.63, 3.8) is 0 Å². The average molecular weight is 253 g/mol. The summed E-state index contributed by atoms with van der Waals surface area (Å²) in [7, 11) is 0. The van der Waals surface area contributed by atoms with Gasteiger partial charge >= 0.3 is 0 Å². The monoisotopic (exact) mass is 253 g/mol. The van der Waals surface area contributed by atoms with E-state index >= 15 is 0 Å². The van der Waals surface area contributed by atoms with Gasteiger partial charge in [0.05, 0.1) is 5.69 Å². The van der Waals surface area contributed by atoms with E-state index in [2.05, 4.69) is 59.6 Å². The lowest BCUT2D eigenvalue weighted by molar-refractivity contribution is 0.497. The summed E-state index contributed by atoms with van der Waals surface area (Å²) in [5, 5.41) is 3.41. The Morgan fingerprint density at radius 1 is 1.11 bits per heavy atom. The highest BCUT2D eigenvalue weighted by Crippen LogP contribution is 2.22. The summed E-state index contributed by atoms with van der Waals surface area (Å²) in [6, 6.07) is 17.1. The lowest BCUT2D eigenvalue weighted by Gasteiger charge is -2.35. The second kappa shape index (κ2) is 5.41. The van der Waals surface area contributed by atoms with Gasteiger partial charge < -0.3 is 10.2 Å². The molecule has 3 nitrogen and oxygen atoms in total. The summed E-state index contributed by atoms with van der Waals surface area (Å²) in [6.45, 7) is 5.31. The molecule has 1 aliphatic heterocycles. The summed E-state index contributed by atoms with van der Waals surface area (Å²) in [6.07, 6.45) is 0. The number of nitrogens with zero attached hydrogens (tertiary/aromatic N) is 2. The Bertz CT molecular complexity index is 539. The minimum atomic E-state index is 0.493. The zero-order chi connectivity index (χ0) is 13.1. The summed E-state index contributed by atoms with van der Waals surface area (Å²) in [5.41, 5.74) is 2.22. The van der Waals surface area contributed by atoms with Crippen LogP contribution in [-0.4, -0.2) is 30.7 Å². The molecule has 1 fully saturated rings. The van der Waals surface area contributed by atoms with Crippen molar-refractivity contribution in [1.29, 1.82) is 0 Å². The molecule has 3 rings (SSSR count). The number of aromatic nitrogens is 1. The van der Waals surface area contributed by atoms with Crippen molar-refractivity contribution in [2.24, 2.45) is 0 Å². The summed E-state index contributed by atoms with van der Waals surface area (Å²) in [4.78, 5) is 7.19. The molecule has 1 aromatic carbocycles. The molecule has 0 radical (unpaired) electrons. The lowest BCUT2D eigenvalue weighted by atomic mass is 10.1. The predicted molar refractivity (Wildman–Crippen MR) is 79.4 cm³/mol. The van der Waals surface area contributed by atoms with Crippen LogP contribution in [0.1, 0.15) is 6.92 Å². The Morgan fingerprint density at radius 2 is 1.95 bits per heavy atom. The van der Waals surface area contributed by atoms with E-state index in [9.17, 15) is 0 Å². The molecular weight excluding hydrogens is 234 g/mol. The Morgan fingerprint density at radius 3 is 2.74 bits per heavy atom. The van der Waals surface area contributed by atoms with Gasteiger partial charge in [0.2, 0.25) is 0 Å². The van der Waals surface area contributed by atoms with Crippen LogP contribution >= 0.6 is 0 Å². The fourth-order valence-corrected chi connectivity index (χ4v) is 2.53. The number of nitrogens with one attached hydrogen (secondary N) is 1. The molecule has 0 saturated carbocycles. The van der Waals surface area contributed by atoms with Gasteiger partial charge in [-0.1, -0.05) is 36.4 Å². The van der Waals surface area contributed by atoms with Gasteiger partial charge in [0.15, 0.2) is 0 Å². The molecule has 2 aromatic rings. The number of rotatable bonds is 2. The van der Waals surface area contributed by atoms with Gasteiger partial charge in [-0.05, 0) is 19.1 Å². The van der Waals surface area contributed by atoms with Gasteiger partial charge in [-0.15, -0.1) is 0 Å². The van der Waals surface area contributed by atoms with Crippen LogP contribution in [0.4, 0.5) is 5.82 Å². The molecule has 1 aliphatic rings. The second-order valence-electron chi connectivity index (χ2n) is 4.99. The normalized spacial score (nSPS) is 19.4. The summed E-state index contributed by atoms with van der Waals surface area (Å²) >= 11 is 0. The molecule has 0 amide bonds. The molecule has 98 valence electrons. The van der Waals surface area contributed by atoms with E-state index in [1.165, 1.54) is 5.56 Å². The van der Waals surface area contributed by atoms with Gasteiger partial charge in [-0.25, -0.2) is 4.98 Å². The smallest absolute Gasteiger partial charge is 0.129 e. The second-order valence-corrected chi connectivity index (χ2v) is 4.99. The maximum Gasteiger partial charge on any atom is 0.129 e. The maximum absolute atomic E-state index is 4.82. The first-order chi connectivity index (χ1) is 9.34. The Kier molecular flexibility index (Phi) is 3.47. The zero-order valence-electron chi connectivity index (χ0n) is 11.2. The standard InChI is InChI=1S/C16H19N3/c1-13-12-17-10-11-19(13)16-9-5-8-15(18-16)14-6-3-2-4-7-14/h2-9,13,17H,10-12H2,1H3/t13-/m0/s1. The van der Waals surface area contributed by atoms with Gasteiger partial charge in [0, 0.05) is 31.2 Å². The molecule has 1 atom stereocenters. The van der Waals surface area contributed by atoms with Crippen molar-refractivity contribution in [3.05, 3.63) is 48.5 Å². The molecule has 19 heavy (non-hydrogen) atoms. The van der Waals surface area contributed by atoms with Crippen LogP contribution in [0.25, 0.3) is 11.3 Å². The fourth-order valence-electron chi connectivity index (χ4n) is 2.53. The van der Waals surface area contributed by atoms with E-state index in [1.54, 1.807) is 0 Å². The summed E-state index contributed by atoms with van der Waals surface area (Å²) in [5.74, 6) is 1.08. The maximum atomic E-state index is 4.82. The third kappa shape index (κ3) is 2.61. The lowest BCUT2D eigenvalue weighted by Crippen LogP contribution is -2.50. The molecular formula is C16H19N3. The largest absolute Gasteiger partial charge is 0.351 e. The highest BCUT2D eigenvalue weighted by molar-refractivity contribution is 5.61. The van der Waals surface area contributed by atoms with Gasteiger partial charge in [0.25, 0.3) is 0 Å². The molecule has 1 saturated heterocycles. The molecule has 1 aromatic heterocycles. The molecule has 0 unspecified atom stereocenters. The average Bonchev–Trinajstić information content (AvgIpc) is 2.49. The number of benzene rings is 1. The van der Waals surface area contributed by atoms with Crippen molar-refractivity contribution < 1.29 is 0 Å². The molecule has 0 aliphatic carbocycles. The summed E-state index contributed by atoms with van der Waals surface area (Å²) < 4.78 is 0. The SMILES string of the molecule is C[C@H]1CNCCN1c1cccc(-c2ccccc2)n1. The van der Waals surface area contributed by atoms with E-state index in [0.717, 1.165) is 31.1 Å². The van der Waals surface area contributed by atoms with Crippen LogP contribution in [0.2, 0.25) is 0 Å². The zero-order valence-corrected chi connectivity index (χ0v) is 11.2. The van der Waals surface area contributed by atoms with Crippen LogP contribution in [0.15, 0.2) is 48.5 Å². The first-order valence-corrected chi connectivity index (χ1v) is 6.84. The number of hydrogen-bond donors (Lipinski definition) is 1. The highest BCUT2D eigenvalue weighted by atomic mass is 15.3. The van der Waals surface area contributed by atoms with Crippen LogP contribution in [0.3, 0.4) is 0 Å². The quantitative estimate of drug-likeness (QED) is 0.891. The molecule has 2 heterocycles. The van der Waals surface area contributed by atoms with Crippen molar-refractivity contribution >= 4 is 5.82 Å². The molecule has 0 spiro atoms. The molecule has 3 heteroatoms. The minimum Gasteiger partial charge on any atom is -0.351 e. The van der Waals surface area contributed by atoms with Gasteiger partial charge in [-0.2, -0.15) is 0 Å². The Labute approximate surface area is 114 Å². The molecule has 0 bridgehead atoms. The number of hydrogen-bond acceptors (Lipinski definition) is 3. The highest BCUT2D eigenvalue weighted by Gasteiger charge is 2.19. The number of anilines is 1. The third-order valence-corrected chi connectivity index (χ3v) is 3.60. The van der Waals surface area contributed by atoms with E-state index in [0.29, 0.717) is 6.04 Å². The van der Waals surface area contributed by atoms with Crippen molar-refractivity contribution in [1.82, 2.24) is 10.3 Å². The third-order valence-electron chi connectivity index (χ3n) is 3.60. The molecule has 1 N–H and O–H groups in total. The van der Waals surface area contributed by atoms with E-state index in [1.807, 2.05) is 6.07 Å². The minimum absolute atomic E-state index is 0.493. The van der Waals surface area contributed by atoms with Crippen molar-refractivity contribution in [3.8, 4) is 11.3 Å². The fraction of sp³-hybridized carbons (Fsp3) is 0.312. The number of piperazine rings is 1. The van der Waals surface area contributed by atoms with Crippen LogP contribution in [0, 0.1) is 0 Å². The van der Waals surface area contributed by atoms with Crippen molar-refractivity contribution in [2.45, 2.75) is 13.0 Å².